The number of nitrogens with zero attached hydrogens (tertiary/aromatic N) is 1. The summed E-state index contributed by atoms with van der Waals surface area (Å²) in [5.74, 6) is 0.622. The molecule has 0 aromatic carbocycles. The second-order valence-corrected chi connectivity index (χ2v) is 6.09. The minimum absolute atomic E-state index is 0.204. The van der Waals surface area contributed by atoms with E-state index in [-0.39, 0.29) is 24.1 Å². The zero-order chi connectivity index (χ0) is 14.6. The van der Waals surface area contributed by atoms with E-state index in [1.165, 1.54) is 0 Å². The molecular formula is C15H24N2O3. The van der Waals surface area contributed by atoms with Crippen LogP contribution in [0.1, 0.15) is 74.5 Å². The van der Waals surface area contributed by atoms with Crippen molar-refractivity contribution >= 4 is 5.91 Å². The Labute approximate surface area is 119 Å². The maximum atomic E-state index is 12.0. The first-order valence-electron chi connectivity index (χ1n) is 7.47. The van der Waals surface area contributed by atoms with Crippen molar-refractivity contribution in [3.05, 3.63) is 17.5 Å². The molecular weight excluding hydrogens is 256 g/mol. The molecule has 112 valence electrons. The van der Waals surface area contributed by atoms with Gasteiger partial charge < -0.3 is 14.9 Å². The van der Waals surface area contributed by atoms with Crippen molar-refractivity contribution in [3.63, 3.8) is 0 Å². The van der Waals surface area contributed by atoms with Crippen LogP contribution in [0.25, 0.3) is 0 Å². The fourth-order valence-electron chi connectivity index (χ4n) is 2.57. The summed E-state index contributed by atoms with van der Waals surface area (Å²) >= 11 is 0. The molecule has 20 heavy (non-hydrogen) atoms. The first-order chi connectivity index (χ1) is 9.50. The summed E-state index contributed by atoms with van der Waals surface area (Å²) in [5.41, 5.74) is -0.484. The smallest absolute Gasteiger partial charge is 0.273 e. The molecule has 0 unspecified atom stereocenters. The third kappa shape index (κ3) is 3.82. The molecule has 5 heteroatoms. The largest absolute Gasteiger partial charge is 0.388 e. The van der Waals surface area contributed by atoms with Crippen molar-refractivity contribution in [2.45, 2.75) is 63.9 Å². The van der Waals surface area contributed by atoms with E-state index < -0.39 is 5.60 Å². The van der Waals surface area contributed by atoms with Crippen LogP contribution in [0, 0.1) is 0 Å². The van der Waals surface area contributed by atoms with Crippen molar-refractivity contribution in [1.29, 1.82) is 0 Å². The van der Waals surface area contributed by atoms with Crippen molar-refractivity contribution in [1.82, 2.24) is 10.5 Å². The van der Waals surface area contributed by atoms with Gasteiger partial charge in [0, 0.05) is 18.5 Å². The van der Waals surface area contributed by atoms with Crippen LogP contribution in [0.15, 0.2) is 10.6 Å². The van der Waals surface area contributed by atoms with Gasteiger partial charge >= 0.3 is 0 Å². The van der Waals surface area contributed by atoms with E-state index in [1.54, 1.807) is 6.07 Å². The number of hydrogen-bond donors (Lipinski definition) is 2. The third-order valence-corrected chi connectivity index (χ3v) is 3.94. The molecule has 0 saturated heterocycles. The quantitative estimate of drug-likeness (QED) is 0.831. The number of carbonyl (C=O) groups excluding carboxylic acids is 1. The van der Waals surface area contributed by atoms with E-state index in [0.717, 1.165) is 38.5 Å². The van der Waals surface area contributed by atoms with Crippen molar-refractivity contribution < 1.29 is 14.4 Å². The van der Waals surface area contributed by atoms with E-state index in [9.17, 15) is 9.90 Å². The first kappa shape index (κ1) is 15.0. The molecule has 1 heterocycles. The number of nitrogens with one attached hydrogen (secondary N) is 1. The lowest BCUT2D eigenvalue weighted by Gasteiger charge is -2.26. The molecule has 1 aliphatic rings. The zero-order valence-corrected chi connectivity index (χ0v) is 12.3. The SMILES string of the molecule is CC(C)c1cc(C(=O)NCC2(O)CCCCCC2)no1. The predicted molar refractivity (Wildman–Crippen MR) is 75.6 cm³/mol. The Hall–Kier alpha value is -1.36. The molecule has 1 aromatic rings. The molecule has 1 amide bonds. The summed E-state index contributed by atoms with van der Waals surface area (Å²) < 4.78 is 5.11. The Morgan fingerprint density at radius 1 is 1.40 bits per heavy atom. The first-order valence-corrected chi connectivity index (χ1v) is 7.47. The number of carbonyl (C=O) groups is 1. The van der Waals surface area contributed by atoms with Crippen molar-refractivity contribution in [2.75, 3.05) is 6.54 Å². The maximum absolute atomic E-state index is 12.0. The van der Waals surface area contributed by atoms with Crippen LogP contribution >= 0.6 is 0 Å². The van der Waals surface area contributed by atoms with Gasteiger partial charge in [0.1, 0.15) is 5.76 Å². The molecule has 0 spiro atoms. The second kappa shape index (κ2) is 6.39. The lowest BCUT2D eigenvalue weighted by molar-refractivity contribution is 0.0245. The van der Waals surface area contributed by atoms with Crippen LogP contribution in [0.4, 0.5) is 0 Å². The van der Waals surface area contributed by atoms with Gasteiger partial charge in [0.05, 0.1) is 5.60 Å². The number of aromatic nitrogens is 1. The van der Waals surface area contributed by atoms with Gasteiger partial charge in [-0.1, -0.05) is 44.7 Å². The van der Waals surface area contributed by atoms with E-state index in [0.29, 0.717) is 5.76 Å². The molecule has 5 nitrogen and oxygen atoms in total. The average molecular weight is 280 g/mol. The van der Waals surface area contributed by atoms with Crippen molar-refractivity contribution in [2.24, 2.45) is 0 Å². The highest BCUT2D eigenvalue weighted by molar-refractivity contribution is 5.92. The fourth-order valence-corrected chi connectivity index (χ4v) is 2.57. The lowest BCUT2D eigenvalue weighted by atomic mass is 9.94. The highest BCUT2D eigenvalue weighted by Crippen LogP contribution is 2.26. The summed E-state index contributed by atoms with van der Waals surface area (Å²) in [6.45, 7) is 4.25. The van der Waals surface area contributed by atoms with Gasteiger partial charge in [-0.05, 0) is 12.8 Å². The van der Waals surface area contributed by atoms with Gasteiger partial charge in [-0.25, -0.2) is 0 Å². The van der Waals surface area contributed by atoms with Crippen LogP contribution < -0.4 is 5.32 Å². The highest BCUT2D eigenvalue weighted by atomic mass is 16.5. The molecule has 0 radical (unpaired) electrons. The molecule has 1 aromatic heterocycles. The summed E-state index contributed by atoms with van der Waals surface area (Å²) in [5, 5.41) is 17.0. The Morgan fingerprint density at radius 3 is 2.60 bits per heavy atom. The second-order valence-electron chi connectivity index (χ2n) is 6.09. The summed E-state index contributed by atoms with van der Waals surface area (Å²) in [6, 6.07) is 1.66. The maximum Gasteiger partial charge on any atom is 0.273 e. The van der Waals surface area contributed by atoms with Crippen LogP contribution in [0.3, 0.4) is 0 Å². The standard InChI is InChI=1S/C15H24N2O3/c1-11(2)13-9-12(17-20-13)14(18)16-10-15(19)7-5-3-4-6-8-15/h9,11,19H,3-8,10H2,1-2H3,(H,16,18). The lowest BCUT2D eigenvalue weighted by Crippen LogP contribution is -2.42. The third-order valence-electron chi connectivity index (χ3n) is 3.94. The van der Waals surface area contributed by atoms with Crippen molar-refractivity contribution in [3.8, 4) is 0 Å². The van der Waals surface area contributed by atoms with Gasteiger partial charge in [-0.2, -0.15) is 0 Å². The molecule has 0 atom stereocenters. The van der Waals surface area contributed by atoms with Gasteiger partial charge in [-0.3, -0.25) is 4.79 Å². The van der Waals surface area contributed by atoms with Crippen LogP contribution in [-0.4, -0.2) is 28.3 Å². The summed E-state index contributed by atoms with van der Waals surface area (Å²) in [4.78, 5) is 12.0. The number of rotatable bonds is 4. The number of hydrogen-bond acceptors (Lipinski definition) is 4. The average Bonchev–Trinajstić information content (AvgIpc) is 2.81. The highest BCUT2D eigenvalue weighted by Gasteiger charge is 2.28. The molecule has 0 aliphatic heterocycles. The monoisotopic (exact) mass is 280 g/mol. The molecule has 2 rings (SSSR count). The number of aliphatic hydroxyl groups is 1. The molecule has 2 N–H and O–H groups in total. The van der Waals surface area contributed by atoms with Crippen LogP contribution in [0.2, 0.25) is 0 Å². The zero-order valence-electron chi connectivity index (χ0n) is 12.3. The predicted octanol–water partition coefficient (Wildman–Crippen LogP) is 2.61. The summed E-state index contributed by atoms with van der Waals surface area (Å²) in [7, 11) is 0. The van der Waals surface area contributed by atoms with Gasteiger partial charge in [0.15, 0.2) is 5.69 Å². The minimum Gasteiger partial charge on any atom is -0.388 e. The van der Waals surface area contributed by atoms with Gasteiger partial charge in [0.2, 0.25) is 0 Å². The van der Waals surface area contributed by atoms with E-state index in [4.69, 9.17) is 4.52 Å². The van der Waals surface area contributed by atoms with E-state index in [2.05, 4.69) is 10.5 Å². The molecule has 0 bridgehead atoms. The van der Waals surface area contributed by atoms with E-state index >= 15 is 0 Å². The fraction of sp³-hybridized carbons (Fsp3) is 0.733. The Balaban J connectivity index is 1.90. The topological polar surface area (TPSA) is 75.4 Å². The molecule has 1 fully saturated rings. The number of amides is 1. The normalized spacial score (nSPS) is 18.8. The molecule has 1 saturated carbocycles. The Morgan fingerprint density at radius 2 is 2.05 bits per heavy atom. The Bertz CT molecular complexity index is 446. The van der Waals surface area contributed by atoms with Gasteiger partial charge in [-0.15, -0.1) is 0 Å². The van der Waals surface area contributed by atoms with E-state index in [1.807, 2.05) is 13.8 Å². The van der Waals surface area contributed by atoms with Crippen LogP contribution in [-0.2, 0) is 0 Å². The summed E-state index contributed by atoms with van der Waals surface area (Å²) in [6.07, 6.45) is 5.88. The molecule has 1 aliphatic carbocycles. The Kier molecular flexibility index (Phi) is 4.81. The van der Waals surface area contributed by atoms with Crippen LogP contribution in [0.5, 0.6) is 0 Å². The van der Waals surface area contributed by atoms with Gasteiger partial charge in [0.25, 0.3) is 5.91 Å². The minimum atomic E-state index is -0.767.